The molecule has 0 aromatic carbocycles. The Balaban J connectivity index is 0.000000720. The van der Waals surface area contributed by atoms with E-state index >= 15 is 0 Å². The highest BCUT2D eigenvalue weighted by Gasteiger charge is 1.95. The van der Waals surface area contributed by atoms with Gasteiger partial charge in [-0.25, -0.2) is 9.97 Å². The van der Waals surface area contributed by atoms with Gasteiger partial charge in [0.2, 0.25) is 0 Å². The summed E-state index contributed by atoms with van der Waals surface area (Å²) in [6, 6.07) is 5.52. The molecule has 2 aromatic heterocycles. The number of fused-ring (bicyclic) bond motifs is 1. The lowest BCUT2D eigenvalue weighted by molar-refractivity contribution is 1.29. The van der Waals surface area contributed by atoms with Crippen molar-refractivity contribution in [3.05, 3.63) is 30.6 Å². The lowest BCUT2D eigenvalue weighted by atomic mass is 10.2. The third-order valence-electron chi connectivity index (χ3n) is 1.55. The van der Waals surface area contributed by atoms with Crippen molar-refractivity contribution < 1.29 is 0 Å². The second kappa shape index (κ2) is 3.36. The Bertz CT molecular complexity index is 383. The largest absolute Gasteiger partial charge is 0.398 e. The van der Waals surface area contributed by atoms with Crippen molar-refractivity contribution in [2.24, 2.45) is 0 Å². The van der Waals surface area contributed by atoms with Crippen LogP contribution >= 0.6 is 12.4 Å². The van der Waals surface area contributed by atoms with Gasteiger partial charge < -0.3 is 5.73 Å². The van der Waals surface area contributed by atoms with Crippen LogP contribution in [0, 0.1) is 0 Å². The van der Waals surface area contributed by atoms with Gasteiger partial charge >= 0.3 is 0 Å². The summed E-state index contributed by atoms with van der Waals surface area (Å²) < 4.78 is 0. The average Bonchev–Trinajstić information content (AvgIpc) is 2.06. The summed E-state index contributed by atoms with van der Waals surface area (Å²) in [5, 5.41) is 0.912. The molecule has 0 aliphatic rings. The molecule has 2 heterocycles. The summed E-state index contributed by atoms with van der Waals surface area (Å²) >= 11 is 0. The van der Waals surface area contributed by atoms with Crippen molar-refractivity contribution in [3.63, 3.8) is 0 Å². The molecular weight excluding hydrogens is 174 g/mol. The predicted octanol–water partition coefficient (Wildman–Crippen LogP) is 1.63. The molecule has 0 radical (unpaired) electrons. The van der Waals surface area contributed by atoms with Crippen LogP contribution in [0.25, 0.3) is 11.0 Å². The smallest absolute Gasteiger partial charge is 0.161 e. The molecule has 0 atom stereocenters. The van der Waals surface area contributed by atoms with Crippen molar-refractivity contribution >= 4 is 29.1 Å². The van der Waals surface area contributed by atoms with E-state index < -0.39 is 0 Å². The van der Waals surface area contributed by atoms with Crippen molar-refractivity contribution in [2.45, 2.75) is 0 Å². The van der Waals surface area contributed by atoms with Crippen molar-refractivity contribution in [1.82, 2.24) is 9.97 Å². The van der Waals surface area contributed by atoms with E-state index in [0.29, 0.717) is 5.65 Å². The van der Waals surface area contributed by atoms with Crippen LogP contribution in [-0.2, 0) is 0 Å². The van der Waals surface area contributed by atoms with E-state index in [-0.39, 0.29) is 12.4 Å². The maximum Gasteiger partial charge on any atom is 0.161 e. The van der Waals surface area contributed by atoms with E-state index in [0.717, 1.165) is 11.1 Å². The molecule has 12 heavy (non-hydrogen) atoms. The Morgan fingerprint density at radius 1 is 1.08 bits per heavy atom. The average molecular weight is 182 g/mol. The number of pyridine rings is 2. The molecule has 4 heteroatoms. The zero-order valence-electron chi connectivity index (χ0n) is 6.27. The van der Waals surface area contributed by atoms with E-state index in [4.69, 9.17) is 5.73 Å². The Morgan fingerprint density at radius 3 is 2.58 bits per heavy atom. The van der Waals surface area contributed by atoms with E-state index in [2.05, 4.69) is 9.97 Å². The van der Waals surface area contributed by atoms with Gasteiger partial charge in [-0.3, -0.25) is 0 Å². The number of rotatable bonds is 0. The van der Waals surface area contributed by atoms with Crippen molar-refractivity contribution in [3.8, 4) is 0 Å². The van der Waals surface area contributed by atoms with E-state index in [1.165, 1.54) is 0 Å². The molecule has 3 nitrogen and oxygen atoms in total. The Labute approximate surface area is 76.0 Å². The normalized spacial score (nSPS) is 9.33. The Hall–Kier alpha value is -1.35. The fourth-order valence-corrected chi connectivity index (χ4v) is 1.00. The number of nitrogen functional groups attached to an aromatic ring is 1. The first-order valence-electron chi connectivity index (χ1n) is 3.33. The molecule has 0 fully saturated rings. The summed E-state index contributed by atoms with van der Waals surface area (Å²) in [4.78, 5) is 8.10. The first-order valence-corrected chi connectivity index (χ1v) is 3.33. The van der Waals surface area contributed by atoms with E-state index in [1.54, 1.807) is 18.5 Å². The van der Waals surface area contributed by atoms with Crippen LogP contribution in [0.1, 0.15) is 0 Å². The van der Waals surface area contributed by atoms with Gasteiger partial charge in [-0.05, 0) is 18.2 Å². The number of aromatic nitrogens is 2. The molecule has 0 aliphatic heterocycles. The molecule has 2 aromatic rings. The molecule has 0 saturated carbocycles. The van der Waals surface area contributed by atoms with Gasteiger partial charge in [0.05, 0.1) is 0 Å². The highest BCUT2D eigenvalue weighted by atomic mass is 35.5. The topological polar surface area (TPSA) is 51.8 Å². The second-order valence-corrected chi connectivity index (χ2v) is 2.27. The van der Waals surface area contributed by atoms with Crippen molar-refractivity contribution in [1.29, 1.82) is 0 Å². The number of anilines is 1. The summed E-state index contributed by atoms with van der Waals surface area (Å²) in [5.74, 6) is 0. The summed E-state index contributed by atoms with van der Waals surface area (Å²) in [6.45, 7) is 0. The zero-order valence-corrected chi connectivity index (χ0v) is 7.08. The second-order valence-electron chi connectivity index (χ2n) is 2.27. The standard InChI is InChI=1S/C8H7N3.ClH/c9-7-3-5-11-8-6(7)2-1-4-10-8;/h1-5H,(H2,9,10,11);1H. The first kappa shape index (κ1) is 8.74. The van der Waals surface area contributed by atoms with Gasteiger partial charge in [0.15, 0.2) is 5.65 Å². The van der Waals surface area contributed by atoms with Gasteiger partial charge in [0.25, 0.3) is 0 Å². The number of hydrogen-bond donors (Lipinski definition) is 1. The van der Waals surface area contributed by atoms with Gasteiger partial charge in [0.1, 0.15) is 0 Å². The molecular formula is C8H8ClN3. The van der Waals surface area contributed by atoms with Crippen LogP contribution in [-0.4, -0.2) is 9.97 Å². The summed E-state index contributed by atoms with van der Waals surface area (Å²) in [5.41, 5.74) is 7.10. The summed E-state index contributed by atoms with van der Waals surface area (Å²) in [7, 11) is 0. The minimum Gasteiger partial charge on any atom is -0.398 e. The van der Waals surface area contributed by atoms with Crippen molar-refractivity contribution in [2.75, 3.05) is 5.73 Å². The monoisotopic (exact) mass is 181 g/mol. The SMILES string of the molecule is Cl.Nc1ccnc2ncccc12. The van der Waals surface area contributed by atoms with Crippen LogP contribution in [0.2, 0.25) is 0 Å². The molecule has 0 amide bonds. The fraction of sp³-hybridized carbons (Fsp3) is 0. The highest BCUT2D eigenvalue weighted by Crippen LogP contribution is 2.14. The number of nitrogens with two attached hydrogens (primary N) is 1. The molecule has 0 unspecified atom stereocenters. The Morgan fingerprint density at radius 2 is 1.83 bits per heavy atom. The van der Waals surface area contributed by atoms with Gasteiger partial charge in [-0.15, -0.1) is 12.4 Å². The molecule has 0 bridgehead atoms. The van der Waals surface area contributed by atoms with Crippen LogP contribution in [0.5, 0.6) is 0 Å². The van der Waals surface area contributed by atoms with E-state index in [9.17, 15) is 0 Å². The third kappa shape index (κ3) is 1.31. The predicted molar refractivity (Wildman–Crippen MR) is 51.2 cm³/mol. The molecule has 0 saturated heterocycles. The van der Waals surface area contributed by atoms with Crippen LogP contribution in [0.4, 0.5) is 5.69 Å². The minimum atomic E-state index is 0. The molecule has 2 rings (SSSR count). The quantitative estimate of drug-likeness (QED) is 0.672. The zero-order chi connectivity index (χ0) is 7.68. The number of nitrogens with zero attached hydrogens (tertiary/aromatic N) is 2. The van der Waals surface area contributed by atoms with Crippen LogP contribution in [0.15, 0.2) is 30.6 Å². The maximum absolute atomic E-state index is 5.68. The summed E-state index contributed by atoms with van der Waals surface area (Å²) in [6.07, 6.45) is 3.36. The lowest BCUT2D eigenvalue weighted by Crippen LogP contribution is -1.89. The van der Waals surface area contributed by atoms with Crippen LogP contribution < -0.4 is 5.73 Å². The Kier molecular flexibility index (Phi) is 2.45. The highest BCUT2D eigenvalue weighted by molar-refractivity contribution is 5.86. The lowest BCUT2D eigenvalue weighted by Gasteiger charge is -1.96. The first-order chi connectivity index (χ1) is 5.38. The molecule has 2 N–H and O–H groups in total. The minimum absolute atomic E-state index is 0. The maximum atomic E-state index is 5.68. The molecule has 62 valence electrons. The molecule has 0 spiro atoms. The van der Waals surface area contributed by atoms with Crippen LogP contribution in [0.3, 0.4) is 0 Å². The third-order valence-corrected chi connectivity index (χ3v) is 1.55. The fourth-order valence-electron chi connectivity index (χ4n) is 1.00. The van der Waals surface area contributed by atoms with Gasteiger partial charge in [-0.2, -0.15) is 0 Å². The van der Waals surface area contributed by atoms with E-state index in [1.807, 2.05) is 12.1 Å². The molecule has 0 aliphatic carbocycles. The van der Waals surface area contributed by atoms with Gasteiger partial charge in [0, 0.05) is 23.5 Å². The van der Waals surface area contributed by atoms with Gasteiger partial charge in [-0.1, -0.05) is 0 Å². The number of hydrogen-bond acceptors (Lipinski definition) is 3. The number of halogens is 1.